The lowest BCUT2D eigenvalue weighted by atomic mass is 10.0. The molecule has 0 aliphatic rings. The lowest BCUT2D eigenvalue weighted by Gasteiger charge is -2.18. The molecule has 0 aliphatic carbocycles. The van der Waals surface area contributed by atoms with Crippen LogP contribution in [0.4, 0.5) is 0 Å². The topological polar surface area (TPSA) is 78.9 Å². The second-order valence-corrected chi connectivity index (χ2v) is 18.9. The van der Waals surface area contributed by atoms with Crippen molar-refractivity contribution in [2.24, 2.45) is 17.8 Å². The molecule has 6 nitrogen and oxygen atoms in total. The van der Waals surface area contributed by atoms with Crippen LogP contribution in [0.5, 0.6) is 0 Å². The van der Waals surface area contributed by atoms with Crippen LogP contribution in [0.2, 0.25) is 0 Å². The fraction of sp³-hybridized carbons (Fsp3) is 0.941. The number of ether oxygens (including phenoxy) is 3. The molecule has 0 aliphatic heterocycles. The second-order valence-electron chi connectivity index (χ2n) is 18.9. The van der Waals surface area contributed by atoms with Crippen molar-refractivity contribution in [2.75, 3.05) is 13.2 Å². The van der Waals surface area contributed by atoms with Gasteiger partial charge >= 0.3 is 17.9 Å². The van der Waals surface area contributed by atoms with Gasteiger partial charge in [-0.05, 0) is 37.0 Å². The summed E-state index contributed by atoms with van der Waals surface area (Å²) in [5, 5.41) is 0. The van der Waals surface area contributed by atoms with Crippen molar-refractivity contribution in [3.63, 3.8) is 0 Å². The Morgan fingerprint density at radius 2 is 0.509 bits per heavy atom. The van der Waals surface area contributed by atoms with E-state index in [1.165, 1.54) is 154 Å². The zero-order valence-electron chi connectivity index (χ0n) is 39.1. The molecule has 1 atom stereocenters. The summed E-state index contributed by atoms with van der Waals surface area (Å²) in [5.74, 6) is 1.58. The van der Waals surface area contributed by atoms with Crippen LogP contribution in [0.25, 0.3) is 0 Å². The highest BCUT2D eigenvalue weighted by atomic mass is 16.6. The third-order valence-corrected chi connectivity index (χ3v) is 11.4. The molecule has 0 bridgehead atoms. The molecule has 0 radical (unpaired) electrons. The highest BCUT2D eigenvalue weighted by molar-refractivity contribution is 5.71. The second kappa shape index (κ2) is 42.5. The Morgan fingerprint density at radius 1 is 0.298 bits per heavy atom. The maximum Gasteiger partial charge on any atom is 0.306 e. The van der Waals surface area contributed by atoms with Gasteiger partial charge in [0.15, 0.2) is 6.10 Å². The summed E-state index contributed by atoms with van der Waals surface area (Å²) in [6.07, 6.45) is 41.0. The zero-order chi connectivity index (χ0) is 42.0. The van der Waals surface area contributed by atoms with Gasteiger partial charge in [-0.2, -0.15) is 0 Å². The number of rotatable bonds is 44. The number of hydrogen-bond donors (Lipinski definition) is 0. The fourth-order valence-electron chi connectivity index (χ4n) is 7.59. The smallest absolute Gasteiger partial charge is 0.306 e. The van der Waals surface area contributed by atoms with E-state index < -0.39 is 6.10 Å². The van der Waals surface area contributed by atoms with Gasteiger partial charge in [0.2, 0.25) is 0 Å². The molecule has 0 aromatic rings. The molecule has 0 rings (SSSR count). The lowest BCUT2D eigenvalue weighted by molar-refractivity contribution is -0.167. The van der Waals surface area contributed by atoms with Gasteiger partial charge in [0, 0.05) is 19.3 Å². The predicted octanol–water partition coefficient (Wildman–Crippen LogP) is 16.0. The standard InChI is InChI=1S/C51H98O6/c1-45(2)37-31-25-19-13-10-8-7-9-11-15-22-28-34-40-49(52)55-43-48(57-51(54)42-36-30-24-18-17-21-27-33-39-47(5)6)44-56-50(53)41-35-29-23-16-12-14-20-26-32-38-46(3)4/h45-48H,7-44H2,1-6H3/t48-/m0/s1. The number of esters is 3. The minimum atomic E-state index is -0.762. The van der Waals surface area contributed by atoms with E-state index in [1.807, 2.05) is 0 Å². The molecule has 0 aromatic carbocycles. The van der Waals surface area contributed by atoms with Crippen LogP contribution in [0.1, 0.15) is 273 Å². The summed E-state index contributed by atoms with van der Waals surface area (Å²) >= 11 is 0. The Hall–Kier alpha value is -1.59. The Labute approximate surface area is 355 Å². The third kappa shape index (κ3) is 45.3. The first kappa shape index (κ1) is 55.4. The monoisotopic (exact) mass is 807 g/mol. The average molecular weight is 807 g/mol. The van der Waals surface area contributed by atoms with Crippen molar-refractivity contribution >= 4 is 17.9 Å². The Bertz CT molecular complexity index is 883. The van der Waals surface area contributed by atoms with E-state index in [9.17, 15) is 14.4 Å². The van der Waals surface area contributed by atoms with Crippen molar-refractivity contribution in [3.05, 3.63) is 0 Å². The van der Waals surface area contributed by atoms with E-state index in [0.29, 0.717) is 19.3 Å². The lowest BCUT2D eigenvalue weighted by Crippen LogP contribution is -2.30. The molecular formula is C51H98O6. The van der Waals surface area contributed by atoms with Crippen LogP contribution in [-0.4, -0.2) is 37.2 Å². The highest BCUT2D eigenvalue weighted by Crippen LogP contribution is 2.17. The minimum Gasteiger partial charge on any atom is -0.462 e. The maximum atomic E-state index is 12.7. The molecule has 0 heterocycles. The van der Waals surface area contributed by atoms with Crippen molar-refractivity contribution in [1.29, 1.82) is 0 Å². The van der Waals surface area contributed by atoms with Gasteiger partial charge in [0.05, 0.1) is 0 Å². The normalized spacial score (nSPS) is 12.2. The van der Waals surface area contributed by atoms with E-state index >= 15 is 0 Å². The van der Waals surface area contributed by atoms with E-state index in [2.05, 4.69) is 41.5 Å². The largest absolute Gasteiger partial charge is 0.462 e. The van der Waals surface area contributed by atoms with Gasteiger partial charge in [0.25, 0.3) is 0 Å². The maximum absolute atomic E-state index is 12.7. The third-order valence-electron chi connectivity index (χ3n) is 11.4. The Morgan fingerprint density at radius 3 is 0.754 bits per heavy atom. The van der Waals surface area contributed by atoms with Crippen LogP contribution in [-0.2, 0) is 28.6 Å². The minimum absolute atomic E-state index is 0.0654. The van der Waals surface area contributed by atoms with Gasteiger partial charge in [-0.1, -0.05) is 234 Å². The van der Waals surface area contributed by atoms with Gasteiger partial charge in [-0.15, -0.1) is 0 Å². The molecular weight excluding hydrogens is 709 g/mol. The first-order chi connectivity index (χ1) is 27.6. The predicted molar refractivity (Wildman–Crippen MR) is 243 cm³/mol. The first-order valence-corrected chi connectivity index (χ1v) is 25.1. The Kier molecular flexibility index (Phi) is 41.3. The molecule has 338 valence electrons. The molecule has 6 heteroatoms. The molecule has 0 N–H and O–H groups in total. The fourth-order valence-corrected chi connectivity index (χ4v) is 7.59. The summed E-state index contributed by atoms with van der Waals surface area (Å²) in [4.78, 5) is 37.9. The van der Waals surface area contributed by atoms with E-state index in [0.717, 1.165) is 75.5 Å². The summed E-state index contributed by atoms with van der Waals surface area (Å²) < 4.78 is 16.8. The molecule has 0 saturated heterocycles. The molecule has 0 fully saturated rings. The summed E-state index contributed by atoms with van der Waals surface area (Å²) in [5.41, 5.74) is 0. The molecule has 0 unspecified atom stereocenters. The van der Waals surface area contributed by atoms with Crippen molar-refractivity contribution < 1.29 is 28.6 Å². The number of carbonyl (C=O) groups is 3. The summed E-state index contributed by atoms with van der Waals surface area (Å²) in [7, 11) is 0. The molecule has 0 aromatic heterocycles. The van der Waals surface area contributed by atoms with E-state index in [4.69, 9.17) is 14.2 Å². The number of carbonyl (C=O) groups excluding carboxylic acids is 3. The SMILES string of the molecule is CC(C)CCCCCCCCCCCCCCCC(=O)OC[C@@H](COC(=O)CCCCCCCCCCCC(C)C)OC(=O)CCCCCCCCCCC(C)C. The average Bonchev–Trinajstić information content (AvgIpc) is 3.16. The van der Waals surface area contributed by atoms with Crippen LogP contribution < -0.4 is 0 Å². The van der Waals surface area contributed by atoms with Gasteiger partial charge in [0.1, 0.15) is 13.2 Å². The molecule has 57 heavy (non-hydrogen) atoms. The number of hydrogen-bond acceptors (Lipinski definition) is 6. The molecule has 0 spiro atoms. The van der Waals surface area contributed by atoms with Crippen molar-refractivity contribution in [3.8, 4) is 0 Å². The van der Waals surface area contributed by atoms with Gasteiger partial charge < -0.3 is 14.2 Å². The van der Waals surface area contributed by atoms with Crippen LogP contribution in [0.3, 0.4) is 0 Å². The summed E-state index contributed by atoms with van der Waals surface area (Å²) in [6, 6.07) is 0. The van der Waals surface area contributed by atoms with E-state index in [-0.39, 0.29) is 31.1 Å². The van der Waals surface area contributed by atoms with Crippen LogP contribution in [0.15, 0.2) is 0 Å². The molecule has 0 amide bonds. The quantitative estimate of drug-likeness (QED) is 0.0347. The van der Waals surface area contributed by atoms with E-state index in [1.54, 1.807) is 0 Å². The Balaban J connectivity index is 4.30. The number of unbranched alkanes of at least 4 members (excludes halogenated alkanes) is 27. The van der Waals surface area contributed by atoms with Gasteiger partial charge in [-0.3, -0.25) is 14.4 Å². The highest BCUT2D eigenvalue weighted by Gasteiger charge is 2.19. The van der Waals surface area contributed by atoms with Crippen molar-refractivity contribution in [2.45, 2.75) is 279 Å². The van der Waals surface area contributed by atoms with Gasteiger partial charge in [-0.25, -0.2) is 0 Å². The van der Waals surface area contributed by atoms with Crippen LogP contribution in [0, 0.1) is 17.8 Å². The van der Waals surface area contributed by atoms with Crippen LogP contribution >= 0.6 is 0 Å². The molecule has 0 saturated carbocycles. The van der Waals surface area contributed by atoms with Crippen molar-refractivity contribution in [1.82, 2.24) is 0 Å². The zero-order valence-corrected chi connectivity index (χ0v) is 39.1. The first-order valence-electron chi connectivity index (χ1n) is 25.1. The summed E-state index contributed by atoms with van der Waals surface area (Å²) in [6.45, 7) is 13.7.